The molecule has 3 rings (SSSR count). The summed E-state index contributed by atoms with van der Waals surface area (Å²) in [7, 11) is 0. The molecule has 0 bridgehead atoms. The molecule has 0 atom stereocenters. The van der Waals surface area contributed by atoms with Crippen molar-refractivity contribution in [3.05, 3.63) is 64.3 Å². The molecule has 0 fully saturated rings. The molecule has 0 aliphatic rings. The van der Waals surface area contributed by atoms with Crippen LogP contribution in [0.3, 0.4) is 0 Å². The van der Waals surface area contributed by atoms with E-state index in [1.807, 2.05) is 42.5 Å². The van der Waals surface area contributed by atoms with Crippen LogP contribution >= 0.6 is 23.2 Å². The Morgan fingerprint density at radius 3 is 2.53 bits per heavy atom. The number of pyridine rings is 1. The number of rotatable bonds is 1. The molecule has 2 aromatic carbocycles. The standard InChI is InChI=1S/C16H11Cl2N/c1-10-6-7-12-11(8-10)9-15(19-16(12)18)13-4-2-3-5-14(13)17/h2-9H,1H3. The lowest BCUT2D eigenvalue weighted by molar-refractivity contribution is 1.35. The molecule has 0 unspecified atom stereocenters. The average Bonchev–Trinajstić information content (AvgIpc) is 2.38. The SMILES string of the molecule is Cc1ccc2c(Cl)nc(-c3ccccc3Cl)cc2c1. The fourth-order valence-electron chi connectivity index (χ4n) is 2.14. The lowest BCUT2D eigenvalue weighted by Crippen LogP contribution is -1.88. The van der Waals surface area contributed by atoms with E-state index in [9.17, 15) is 0 Å². The molecule has 1 heterocycles. The molecule has 0 spiro atoms. The molecule has 0 saturated carbocycles. The smallest absolute Gasteiger partial charge is 0.137 e. The highest BCUT2D eigenvalue weighted by Crippen LogP contribution is 2.31. The van der Waals surface area contributed by atoms with Crippen LogP contribution in [0, 0.1) is 6.92 Å². The van der Waals surface area contributed by atoms with E-state index in [0.717, 1.165) is 22.0 Å². The van der Waals surface area contributed by atoms with Crippen LogP contribution in [-0.4, -0.2) is 4.98 Å². The number of hydrogen-bond acceptors (Lipinski definition) is 1. The highest BCUT2D eigenvalue weighted by Gasteiger charge is 2.08. The van der Waals surface area contributed by atoms with Gasteiger partial charge in [-0.1, -0.05) is 65.2 Å². The summed E-state index contributed by atoms with van der Waals surface area (Å²) in [6.45, 7) is 2.06. The summed E-state index contributed by atoms with van der Waals surface area (Å²) in [6.07, 6.45) is 0. The summed E-state index contributed by atoms with van der Waals surface area (Å²) >= 11 is 12.5. The third kappa shape index (κ3) is 2.32. The highest BCUT2D eigenvalue weighted by atomic mass is 35.5. The molecule has 3 heteroatoms. The molecule has 0 N–H and O–H groups in total. The number of benzene rings is 2. The summed E-state index contributed by atoms with van der Waals surface area (Å²) in [5, 5.41) is 3.23. The van der Waals surface area contributed by atoms with Crippen LogP contribution in [0.4, 0.5) is 0 Å². The molecular weight excluding hydrogens is 277 g/mol. The maximum atomic E-state index is 6.26. The maximum absolute atomic E-state index is 6.26. The van der Waals surface area contributed by atoms with Crippen molar-refractivity contribution in [2.75, 3.05) is 0 Å². The van der Waals surface area contributed by atoms with Crippen molar-refractivity contribution in [3.8, 4) is 11.3 Å². The topological polar surface area (TPSA) is 12.9 Å². The molecule has 94 valence electrons. The van der Waals surface area contributed by atoms with Crippen LogP contribution < -0.4 is 0 Å². The van der Waals surface area contributed by atoms with Gasteiger partial charge in [-0.05, 0) is 24.4 Å². The molecule has 3 aromatic rings. The monoisotopic (exact) mass is 287 g/mol. The molecule has 0 saturated heterocycles. The Bertz CT molecular complexity index is 766. The lowest BCUT2D eigenvalue weighted by Gasteiger charge is -2.07. The predicted molar refractivity (Wildman–Crippen MR) is 81.9 cm³/mol. The van der Waals surface area contributed by atoms with Gasteiger partial charge in [0.05, 0.1) is 5.69 Å². The Balaban J connectivity index is 2.29. The van der Waals surface area contributed by atoms with Crippen molar-refractivity contribution in [2.24, 2.45) is 0 Å². The molecule has 0 amide bonds. The van der Waals surface area contributed by atoms with Gasteiger partial charge in [-0.3, -0.25) is 0 Å². The quantitative estimate of drug-likeness (QED) is 0.537. The Morgan fingerprint density at radius 1 is 0.947 bits per heavy atom. The van der Waals surface area contributed by atoms with E-state index in [2.05, 4.69) is 18.0 Å². The first kappa shape index (κ1) is 12.5. The molecule has 0 aliphatic carbocycles. The molecule has 1 nitrogen and oxygen atoms in total. The fraction of sp³-hybridized carbons (Fsp3) is 0.0625. The van der Waals surface area contributed by atoms with Gasteiger partial charge < -0.3 is 0 Å². The second-order valence-corrected chi connectivity index (χ2v) is 5.27. The van der Waals surface area contributed by atoms with Crippen LogP contribution in [-0.2, 0) is 0 Å². The predicted octanol–water partition coefficient (Wildman–Crippen LogP) is 5.52. The van der Waals surface area contributed by atoms with Gasteiger partial charge in [-0.15, -0.1) is 0 Å². The second kappa shape index (κ2) is 4.84. The Kier molecular flexibility index (Phi) is 3.17. The molecular formula is C16H11Cl2N. The zero-order valence-electron chi connectivity index (χ0n) is 10.3. The van der Waals surface area contributed by atoms with Gasteiger partial charge in [-0.25, -0.2) is 4.98 Å². The Hall–Kier alpha value is -1.57. The number of aromatic nitrogens is 1. The fourth-order valence-corrected chi connectivity index (χ4v) is 2.64. The van der Waals surface area contributed by atoms with E-state index < -0.39 is 0 Å². The zero-order chi connectivity index (χ0) is 13.4. The van der Waals surface area contributed by atoms with E-state index in [-0.39, 0.29) is 0 Å². The molecule has 19 heavy (non-hydrogen) atoms. The number of fused-ring (bicyclic) bond motifs is 1. The minimum Gasteiger partial charge on any atom is -0.235 e. The van der Waals surface area contributed by atoms with Crippen molar-refractivity contribution < 1.29 is 0 Å². The van der Waals surface area contributed by atoms with Crippen molar-refractivity contribution in [1.82, 2.24) is 4.98 Å². The zero-order valence-corrected chi connectivity index (χ0v) is 11.8. The highest BCUT2D eigenvalue weighted by molar-refractivity contribution is 6.35. The normalized spacial score (nSPS) is 10.9. The summed E-state index contributed by atoms with van der Waals surface area (Å²) in [5.74, 6) is 0. The molecule has 0 radical (unpaired) electrons. The lowest BCUT2D eigenvalue weighted by atomic mass is 10.1. The second-order valence-electron chi connectivity index (χ2n) is 4.50. The minimum absolute atomic E-state index is 0.507. The van der Waals surface area contributed by atoms with Crippen LogP contribution in [0.25, 0.3) is 22.0 Å². The first-order valence-electron chi connectivity index (χ1n) is 5.97. The van der Waals surface area contributed by atoms with E-state index in [0.29, 0.717) is 10.2 Å². The largest absolute Gasteiger partial charge is 0.235 e. The van der Waals surface area contributed by atoms with E-state index in [4.69, 9.17) is 23.2 Å². The van der Waals surface area contributed by atoms with Crippen LogP contribution in [0.2, 0.25) is 10.2 Å². The van der Waals surface area contributed by atoms with Crippen molar-refractivity contribution >= 4 is 34.0 Å². The third-order valence-corrected chi connectivity index (χ3v) is 3.71. The molecule has 0 aliphatic heterocycles. The van der Waals surface area contributed by atoms with Crippen LogP contribution in [0.1, 0.15) is 5.56 Å². The van der Waals surface area contributed by atoms with Gasteiger partial charge in [0.1, 0.15) is 5.15 Å². The Morgan fingerprint density at radius 2 is 1.74 bits per heavy atom. The maximum Gasteiger partial charge on any atom is 0.137 e. The number of halogens is 2. The van der Waals surface area contributed by atoms with E-state index in [1.54, 1.807) is 0 Å². The van der Waals surface area contributed by atoms with Gasteiger partial charge in [0, 0.05) is 16.0 Å². The van der Waals surface area contributed by atoms with Gasteiger partial charge in [0.15, 0.2) is 0 Å². The average molecular weight is 288 g/mol. The Labute approximate surface area is 121 Å². The van der Waals surface area contributed by atoms with E-state index in [1.165, 1.54) is 5.56 Å². The van der Waals surface area contributed by atoms with E-state index >= 15 is 0 Å². The minimum atomic E-state index is 0.507. The summed E-state index contributed by atoms with van der Waals surface area (Å²) in [5.41, 5.74) is 2.89. The van der Waals surface area contributed by atoms with Gasteiger partial charge >= 0.3 is 0 Å². The first-order valence-corrected chi connectivity index (χ1v) is 6.72. The summed E-state index contributed by atoms with van der Waals surface area (Å²) in [6, 6.07) is 15.8. The van der Waals surface area contributed by atoms with Crippen LogP contribution in [0.15, 0.2) is 48.5 Å². The van der Waals surface area contributed by atoms with Crippen LogP contribution in [0.5, 0.6) is 0 Å². The van der Waals surface area contributed by atoms with Gasteiger partial charge in [0.25, 0.3) is 0 Å². The van der Waals surface area contributed by atoms with Gasteiger partial charge in [0.2, 0.25) is 0 Å². The number of hydrogen-bond donors (Lipinski definition) is 0. The van der Waals surface area contributed by atoms with Crippen molar-refractivity contribution in [2.45, 2.75) is 6.92 Å². The third-order valence-electron chi connectivity index (χ3n) is 3.09. The number of nitrogens with zero attached hydrogens (tertiary/aromatic N) is 1. The summed E-state index contributed by atoms with van der Waals surface area (Å²) < 4.78 is 0. The van der Waals surface area contributed by atoms with Crippen molar-refractivity contribution in [3.63, 3.8) is 0 Å². The number of aryl methyl sites for hydroxylation is 1. The van der Waals surface area contributed by atoms with Gasteiger partial charge in [-0.2, -0.15) is 0 Å². The molecule has 1 aromatic heterocycles. The van der Waals surface area contributed by atoms with Crippen molar-refractivity contribution in [1.29, 1.82) is 0 Å². The first-order chi connectivity index (χ1) is 9.15. The summed E-state index contributed by atoms with van der Waals surface area (Å²) in [4.78, 5) is 4.44.